The number of nitrogens with zero attached hydrogens (tertiary/aromatic N) is 3. The van der Waals surface area contributed by atoms with Crippen molar-refractivity contribution in [3.63, 3.8) is 0 Å². The molecular formula is C31H63N3O. The van der Waals surface area contributed by atoms with Gasteiger partial charge in [-0.2, -0.15) is 0 Å². The van der Waals surface area contributed by atoms with E-state index in [1.807, 2.05) is 0 Å². The number of hydrogen-bond donors (Lipinski definition) is 0. The molecule has 0 amide bonds. The predicted molar refractivity (Wildman–Crippen MR) is 155 cm³/mol. The van der Waals surface area contributed by atoms with E-state index in [1.54, 1.807) is 5.57 Å². The Morgan fingerprint density at radius 3 is 1.69 bits per heavy atom. The van der Waals surface area contributed by atoms with Crippen LogP contribution in [0.2, 0.25) is 0 Å². The van der Waals surface area contributed by atoms with Crippen LogP contribution < -0.4 is 0 Å². The van der Waals surface area contributed by atoms with Gasteiger partial charge in [0, 0.05) is 50.8 Å². The Morgan fingerprint density at radius 2 is 1.26 bits per heavy atom. The average Bonchev–Trinajstić information content (AvgIpc) is 3.31. The lowest BCUT2D eigenvalue weighted by molar-refractivity contribution is -0.0591. The molecule has 0 aromatic carbocycles. The summed E-state index contributed by atoms with van der Waals surface area (Å²) in [6, 6.07) is 2.11. The Kier molecular flexibility index (Phi) is 15.3. The molecule has 0 spiro atoms. The second kappa shape index (κ2) is 16.4. The van der Waals surface area contributed by atoms with Crippen molar-refractivity contribution in [2.24, 2.45) is 23.7 Å². The van der Waals surface area contributed by atoms with E-state index in [1.165, 1.54) is 39.0 Å². The van der Waals surface area contributed by atoms with Crippen LogP contribution in [0.15, 0.2) is 11.6 Å². The van der Waals surface area contributed by atoms with E-state index in [0.29, 0.717) is 24.1 Å². The second-order valence-corrected chi connectivity index (χ2v) is 12.9. The van der Waals surface area contributed by atoms with Crippen LogP contribution in [0.5, 0.6) is 0 Å². The lowest BCUT2D eigenvalue weighted by Crippen LogP contribution is -2.47. The highest BCUT2D eigenvalue weighted by Crippen LogP contribution is 2.24. The summed E-state index contributed by atoms with van der Waals surface area (Å²) in [6.07, 6.45) is 5.52. The van der Waals surface area contributed by atoms with Crippen LogP contribution in [0.3, 0.4) is 0 Å². The first kappa shape index (κ1) is 32.6. The third kappa shape index (κ3) is 12.1. The summed E-state index contributed by atoms with van der Waals surface area (Å²) in [6.45, 7) is 35.6. The summed E-state index contributed by atoms with van der Waals surface area (Å²) in [4.78, 5) is 7.63. The van der Waals surface area contributed by atoms with Crippen molar-refractivity contribution in [2.45, 2.75) is 120 Å². The van der Waals surface area contributed by atoms with E-state index in [9.17, 15) is 0 Å². The van der Waals surface area contributed by atoms with Gasteiger partial charge in [0.15, 0.2) is 0 Å². The quantitative estimate of drug-likeness (QED) is 0.378. The molecular weight excluding hydrogens is 430 g/mol. The lowest BCUT2D eigenvalue weighted by atomic mass is 9.95. The zero-order valence-electron chi connectivity index (χ0n) is 25.8. The summed E-state index contributed by atoms with van der Waals surface area (Å²) in [5, 5.41) is 0. The third-order valence-corrected chi connectivity index (χ3v) is 8.21. The fourth-order valence-corrected chi connectivity index (χ4v) is 5.05. The summed E-state index contributed by atoms with van der Waals surface area (Å²) in [5.41, 5.74) is 1.62. The zero-order valence-corrected chi connectivity index (χ0v) is 25.8. The Bertz CT molecular complexity index is 554. The maximum Gasteiger partial charge on any atom is 0.0725 e. The van der Waals surface area contributed by atoms with Gasteiger partial charge in [-0.1, -0.05) is 53.2 Å². The second-order valence-electron chi connectivity index (χ2n) is 12.9. The number of ether oxygens (including phenoxy) is 1. The number of hydrogen-bond acceptors (Lipinski definition) is 4. The first-order valence-corrected chi connectivity index (χ1v) is 14.9. The van der Waals surface area contributed by atoms with Gasteiger partial charge >= 0.3 is 0 Å². The minimum Gasteiger partial charge on any atom is -0.375 e. The molecule has 208 valence electrons. The van der Waals surface area contributed by atoms with Gasteiger partial charge in [0.25, 0.3) is 0 Å². The van der Waals surface area contributed by atoms with Gasteiger partial charge in [-0.25, -0.2) is 0 Å². The normalized spacial score (nSPS) is 24.8. The van der Waals surface area contributed by atoms with Gasteiger partial charge in [0.1, 0.15) is 0 Å². The van der Waals surface area contributed by atoms with Crippen molar-refractivity contribution >= 4 is 0 Å². The summed E-state index contributed by atoms with van der Waals surface area (Å²) in [7, 11) is 0. The van der Waals surface area contributed by atoms with E-state index in [2.05, 4.69) is 104 Å². The maximum atomic E-state index is 5.68. The highest BCUT2D eigenvalue weighted by molar-refractivity contribution is 5.10. The number of morpholine rings is 1. The lowest BCUT2D eigenvalue weighted by Gasteiger charge is -2.37. The monoisotopic (exact) mass is 493 g/mol. The fraction of sp³-hybridized carbons (Fsp3) is 0.935. The van der Waals surface area contributed by atoms with E-state index < -0.39 is 0 Å². The van der Waals surface area contributed by atoms with E-state index in [-0.39, 0.29) is 0 Å². The molecule has 2 unspecified atom stereocenters. The van der Waals surface area contributed by atoms with Crippen molar-refractivity contribution in [1.29, 1.82) is 0 Å². The van der Waals surface area contributed by atoms with Gasteiger partial charge in [0.05, 0.1) is 12.7 Å². The molecule has 2 atom stereocenters. The van der Waals surface area contributed by atoms with Gasteiger partial charge in [-0.05, 0) is 84.6 Å². The molecule has 3 aliphatic rings. The van der Waals surface area contributed by atoms with Crippen molar-refractivity contribution in [2.75, 3.05) is 45.9 Å². The molecule has 0 aromatic heterocycles. The molecule has 2 fully saturated rings. The minimum absolute atomic E-state index is 0.446. The molecule has 4 heteroatoms. The summed E-state index contributed by atoms with van der Waals surface area (Å²) in [5.74, 6) is 3.20. The Morgan fingerprint density at radius 1 is 0.686 bits per heavy atom. The fourth-order valence-electron chi connectivity index (χ4n) is 5.05. The van der Waals surface area contributed by atoms with Crippen LogP contribution in [0.4, 0.5) is 0 Å². The van der Waals surface area contributed by atoms with Gasteiger partial charge in [-0.15, -0.1) is 0 Å². The van der Waals surface area contributed by atoms with Crippen LogP contribution >= 0.6 is 0 Å². The minimum atomic E-state index is 0.446. The van der Waals surface area contributed by atoms with Crippen molar-refractivity contribution in [3.8, 4) is 0 Å². The van der Waals surface area contributed by atoms with Crippen molar-refractivity contribution < 1.29 is 4.74 Å². The van der Waals surface area contributed by atoms with E-state index in [4.69, 9.17) is 4.74 Å². The predicted octanol–water partition coefficient (Wildman–Crippen LogP) is 6.81. The summed E-state index contributed by atoms with van der Waals surface area (Å²) >= 11 is 0. The molecule has 0 N–H and O–H groups in total. The topological polar surface area (TPSA) is 19.0 Å². The molecule has 2 saturated heterocycles. The van der Waals surface area contributed by atoms with Crippen molar-refractivity contribution in [3.05, 3.63) is 11.6 Å². The smallest absolute Gasteiger partial charge is 0.0725 e. The Labute approximate surface area is 220 Å². The number of likely N-dealkylation sites (tertiary alicyclic amines) is 1. The molecule has 35 heavy (non-hydrogen) atoms. The molecule has 0 aromatic rings. The first-order valence-electron chi connectivity index (χ1n) is 14.9. The van der Waals surface area contributed by atoms with Gasteiger partial charge < -0.3 is 9.64 Å². The number of rotatable bonds is 6. The molecule has 3 rings (SSSR count). The highest BCUT2D eigenvalue weighted by atomic mass is 16.5. The summed E-state index contributed by atoms with van der Waals surface area (Å²) < 4.78 is 5.68. The third-order valence-electron chi connectivity index (χ3n) is 8.21. The highest BCUT2D eigenvalue weighted by Gasteiger charge is 2.26. The van der Waals surface area contributed by atoms with Crippen LogP contribution in [0.1, 0.15) is 95.9 Å². The molecule has 3 aliphatic heterocycles. The van der Waals surface area contributed by atoms with E-state index >= 15 is 0 Å². The molecule has 0 bridgehead atoms. The molecule has 3 heterocycles. The van der Waals surface area contributed by atoms with E-state index in [0.717, 1.165) is 43.5 Å². The maximum absolute atomic E-state index is 5.68. The zero-order chi connectivity index (χ0) is 26.7. The van der Waals surface area contributed by atoms with Crippen LogP contribution in [-0.4, -0.2) is 84.8 Å². The molecule has 0 aliphatic carbocycles. The van der Waals surface area contributed by atoms with Gasteiger partial charge in [-0.3, -0.25) is 9.80 Å². The van der Waals surface area contributed by atoms with Gasteiger partial charge in [0.2, 0.25) is 0 Å². The van der Waals surface area contributed by atoms with Crippen molar-refractivity contribution in [1.82, 2.24) is 14.7 Å². The largest absolute Gasteiger partial charge is 0.375 e. The van der Waals surface area contributed by atoms with Crippen LogP contribution in [-0.2, 0) is 4.74 Å². The van der Waals surface area contributed by atoms with Crippen LogP contribution in [0.25, 0.3) is 0 Å². The molecule has 0 saturated carbocycles. The standard InChI is InChI=1S/C11H21N.C10H21NO.C10H21N/c1-9(2)11-6-5-7-12(8-11)10(3)4;1-8(2)10-7-11(9(3)4)5-6-12-10;1-8(2)10-5-6-11(7-10)9(3)4/h6,9-10H,5,7-8H2,1-4H3;8-10H,5-7H2,1-4H3;8-10H,5-7H2,1-4H3. The first-order chi connectivity index (χ1) is 16.3. The van der Waals surface area contributed by atoms with Crippen LogP contribution in [0, 0.1) is 23.7 Å². The molecule has 0 radical (unpaired) electrons. The Balaban J connectivity index is 0.000000263. The SMILES string of the molecule is CC(C)C1=CCCN(C(C)C)C1.CC(C)C1CCN(C(C)C)C1.CC(C)C1CN(C(C)C)CCO1. The Hall–Kier alpha value is -0.420. The average molecular weight is 494 g/mol. The molecule has 4 nitrogen and oxygen atoms in total.